The van der Waals surface area contributed by atoms with Gasteiger partial charge in [0.1, 0.15) is 0 Å². The van der Waals surface area contributed by atoms with Crippen molar-refractivity contribution >= 4 is 17.8 Å². The van der Waals surface area contributed by atoms with Gasteiger partial charge in [-0.05, 0) is 43.4 Å². The highest BCUT2D eigenvalue weighted by atomic mass is 16.3. The number of hydrogen-bond donors (Lipinski definition) is 5. The first-order valence-corrected chi connectivity index (χ1v) is 9.78. The van der Waals surface area contributed by atoms with E-state index in [1.54, 1.807) is 12.1 Å². The average molecular weight is 392 g/mol. The summed E-state index contributed by atoms with van der Waals surface area (Å²) in [5.41, 5.74) is 6.45. The molecule has 0 aliphatic carbocycles. The van der Waals surface area contributed by atoms with Gasteiger partial charge in [0, 0.05) is 25.3 Å². The van der Waals surface area contributed by atoms with Gasteiger partial charge in [0.15, 0.2) is 5.96 Å². The highest BCUT2D eigenvalue weighted by molar-refractivity contribution is 5.96. The average Bonchev–Trinajstić information content (AvgIpc) is 2.68. The largest absolute Gasteiger partial charge is 0.396 e. The van der Waals surface area contributed by atoms with Crippen LogP contribution in [0.1, 0.15) is 49.0 Å². The van der Waals surface area contributed by atoms with Crippen LogP contribution in [0.4, 0.5) is 0 Å². The van der Waals surface area contributed by atoms with E-state index in [2.05, 4.69) is 27.9 Å². The van der Waals surface area contributed by atoms with Gasteiger partial charge < -0.3 is 26.8 Å². The third-order valence-corrected chi connectivity index (χ3v) is 4.20. The lowest BCUT2D eigenvalue weighted by Gasteiger charge is -2.18. The first kappa shape index (κ1) is 23.4. The van der Waals surface area contributed by atoms with Crippen LogP contribution in [0.15, 0.2) is 29.3 Å². The molecule has 0 spiro atoms. The molecular formula is C20H33N5O3. The Morgan fingerprint density at radius 1 is 1.11 bits per heavy atom. The van der Waals surface area contributed by atoms with E-state index >= 15 is 0 Å². The van der Waals surface area contributed by atoms with E-state index in [-0.39, 0.29) is 19.1 Å². The number of aliphatic hydroxyl groups excluding tert-OH is 1. The molecule has 156 valence electrons. The van der Waals surface area contributed by atoms with Crippen LogP contribution in [0.2, 0.25) is 0 Å². The van der Waals surface area contributed by atoms with Gasteiger partial charge in [-0.2, -0.15) is 0 Å². The van der Waals surface area contributed by atoms with Gasteiger partial charge in [-0.25, -0.2) is 4.99 Å². The van der Waals surface area contributed by atoms with Crippen molar-refractivity contribution in [2.75, 3.05) is 26.2 Å². The van der Waals surface area contributed by atoms with Gasteiger partial charge in [-0.1, -0.05) is 25.5 Å². The predicted molar refractivity (Wildman–Crippen MR) is 111 cm³/mol. The van der Waals surface area contributed by atoms with Crippen LogP contribution < -0.4 is 21.7 Å². The Balaban J connectivity index is 2.63. The van der Waals surface area contributed by atoms with E-state index in [9.17, 15) is 14.7 Å². The Bertz CT molecular complexity index is 625. The monoisotopic (exact) mass is 391 g/mol. The minimum Gasteiger partial charge on any atom is -0.396 e. The molecule has 0 aliphatic rings. The third-order valence-electron chi connectivity index (χ3n) is 4.20. The van der Waals surface area contributed by atoms with Crippen LogP contribution in [0, 0.1) is 5.92 Å². The van der Waals surface area contributed by atoms with Gasteiger partial charge in [0.05, 0.1) is 13.1 Å². The van der Waals surface area contributed by atoms with Crippen LogP contribution in [-0.4, -0.2) is 49.1 Å². The summed E-state index contributed by atoms with van der Waals surface area (Å²) in [4.78, 5) is 27.2. The molecule has 0 saturated heterocycles. The minimum absolute atomic E-state index is 0.183. The number of benzene rings is 1. The van der Waals surface area contributed by atoms with Crippen LogP contribution in [-0.2, 0) is 11.3 Å². The molecule has 0 aromatic heterocycles. The number of hydrogen-bond acceptors (Lipinski definition) is 4. The van der Waals surface area contributed by atoms with E-state index in [0.29, 0.717) is 18.0 Å². The van der Waals surface area contributed by atoms with E-state index in [1.165, 1.54) is 0 Å². The Morgan fingerprint density at radius 3 is 2.39 bits per heavy atom. The van der Waals surface area contributed by atoms with Crippen LogP contribution in [0.25, 0.3) is 0 Å². The van der Waals surface area contributed by atoms with Crippen molar-refractivity contribution in [3.8, 4) is 0 Å². The molecule has 1 atom stereocenters. The summed E-state index contributed by atoms with van der Waals surface area (Å²) in [5.74, 6) is 0.222. The maximum Gasteiger partial charge on any atom is 0.251 e. The maximum absolute atomic E-state index is 11.9. The fraction of sp³-hybridized carbons (Fsp3) is 0.550. The molecule has 1 aromatic rings. The van der Waals surface area contributed by atoms with Crippen LogP contribution >= 0.6 is 0 Å². The van der Waals surface area contributed by atoms with Gasteiger partial charge in [0.25, 0.3) is 5.91 Å². The highest BCUT2D eigenvalue weighted by Gasteiger charge is 2.09. The molecule has 0 saturated carbocycles. The number of rotatable bonds is 12. The summed E-state index contributed by atoms with van der Waals surface area (Å²) in [6, 6.07) is 7.05. The molecule has 0 bridgehead atoms. The molecule has 0 radical (unpaired) electrons. The Hall–Kier alpha value is -2.61. The number of nitrogens with two attached hydrogens (primary N) is 1. The van der Waals surface area contributed by atoms with E-state index in [4.69, 9.17) is 5.73 Å². The quantitative estimate of drug-likeness (QED) is 0.265. The number of carbonyl (C=O) groups excluding carboxylic acids is 2. The zero-order chi connectivity index (χ0) is 20.8. The number of carbonyl (C=O) groups is 2. The number of nitrogens with zero attached hydrogens (tertiary/aromatic N) is 1. The second kappa shape index (κ2) is 13.5. The van der Waals surface area contributed by atoms with Crippen molar-refractivity contribution < 1.29 is 14.7 Å². The lowest BCUT2D eigenvalue weighted by molar-refractivity contribution is -0.117. The Kier molecular flexibility index (Phi) is 11.3. The molecular weight excluding hydrogens is 358 g/mol. The van der Waals surface area contributed by atoms with Gasteiger partial charge in [-0.3, -0.25) is 9.59 Å². The smallest absolute Gasteiger partial charge is 0.251 e. The number of aliphatic imine (C=N–C) groups is 1. The van der Waals surface area contributed by atoms with E-state index in [0.717, 1.165) is 43.9 Å². The fourth-order valence-corrected chi connectivity index (χ4v) is 2.72. The van der Waals surface area contributed by atoms with Crippen molar-refractivity contribution in [1.82, 2.24) is 16.0 Å². The van der Waals surface area contributed by atoms with Crippen molar-refractivity contribution in [2.45, 2.75) is 39.7 Å². The molecule has 0 heterocycles. The molecule has 1 aromatic carbocycles. The van der Waals surface area contributed by atoms with Crippen LogP contribution in [0.5, 0.6) is 0 Å². The number of nitrogens with one attached hydrogen (secondary N) is 3. The van der Waals surface area contributed by atoms with Crippen molar-refractivity contribution in [1.29, 1.82) is 0 Å². The molecule has 0 fully saturated rings. The summed E-state index contributed by atoms with van der Waals surface area (Å²) in [5, 5.41) is 18.2. The van der Waals surface area contributed by atoms with Crippen LogP contribution in [0.3, 0.4) is 0 Å². The molecule has 1 rings (SSSR count). The molecule has 0 aliphatic heterocycles. The van der Waals surface area contributed by atoms with Gasteiger partial charge in [0.2, 0.25) is 5.91 Å². The zero-order valence-corrected chi connectivity index (χ0v) is 16.8. The zero-order valence-electron chi connectivity index (χ0n) is 16.8. The SMILES string of the molecule is CCCC(CCO)CNC(=NCc1ccc(C(=O)NCC(N)=O)cc1)NCC. The lowest BCUT2D eigenvalue weighted by Crippen LogP contribution is -2.40. The lowest BCUT2D eigenvalue weighted by atomic mass is 10.0. The summed E-state index contributed by atoms with van der Waals surface area (Å²) in [6.45, 7) is 6.14. The number of guanidine groups is 1. The van der Waals surface area contributed by atoms with Crippen molar-refractivity contribution in [3.63, 3.8) is 0 Å². The van der Waals surface area contributed by atoms with E-state index < -0.39 is 5.91 Å². The first-order chi connectivity index (χ1) is 13.5. The van der Waals surface area contributed by atoms with Gasteiger partial charge >= 0.3 is 0 Å². The second-order valence-corrected chi connectivity index (χ2v) is 6.59. The Labute approximate surface area is 167 Å². The predicted octanol–water partition coefficient (Wildman–Crippen LogP) is 0.756. The number of aliphatic hydroxyl groups is 1. The summed E-state index contributed by atoms with van der Waals surface area (Å²) in [7, 11) is 0. The molecule has 1 unspecified atom stereocenters. The Morgan fingerprint density at radius 2 is 1.82 bits per heavy atom. The fourth-order valence-electron chi connectivity index (χ4n) is 2.72. The van der Waals surface area contributed by atoms with Gasteiger partial charge in [-0.15, -0.1) is 0 Å². The molecule has 6 N–H and O–H groups in total. The van der Waals surface area contributed by atoms with E-state index in [1.807, 2.05) is 19.1 Å². The van der Waals surface area contributed by atoms with Crippen molar-refractivity contribution in [2.24, 2.45) is 16.6 Å². The normalized spacial score (nSPS) is 12.3. The number of amides is 2. The minimum atomic E-state index is -0.581. The standard InChI is InChI=1S/C20H33N5O3/c1-3-5-15(10-11-26)12-24-20(22-4-2)25-13-16-6-8-17(9-7-16)19(28)23-14-18(21)27/h6-9,15,26H,3-5,10-14H2,1-2H3,(H2,21,27)(H,23,28)(H2,22,24,25). The maximum atomic E-state index is 11.9. The first-order valence-electron chi connectivity index (χ1n) is 9.78. The summed E-state index contributed by atoms with van der Waals surface area (Å²) in [6.07, 6.45) is 2.92. The topological polar surface area (TPSA) is 129 Å². The molecule has 2 amide bonds. The van der Waals surface area contributed by atoms with Crippen molar-refractivity contribution in [3.05, 3.63) is 35.4 Å². The third kappa shape index (κ3) is 9.36. The summed E-state index contributed by atoms with van der Waals surface area (Å²) < 4.78 is 0. The summed E-state index contributed by atoms with van der Waals surface area (Å²) >= 11 is 0. The molecule has 8 heteroatoms. The number of primary amides is 1. The molecule has 28 heavy (non-hydrogen) atoms. The molecule has 8 nitrogen and oxygen atoms in total. The highest BCUT2D eigenvalue weighted by Crippen LogP contribution is 2.09. The second-order valence-electron chi connectivity index (χ2n) is 6.59.